The number of alkyl halides is 3. The van der Waals surface area contributed by atoms with Gasteiger partial charge in [-0.15, -0.1) is 0 Å². The van der Waals surface area contributed by atoms with Crippen LogP contribution in [0.3, 0.4) is 0 Å². The molecule has 0 bridgehead atoms. The van der Waals surface area contributed by atoms with Crippen LogP contribution in [0.4, 0.5) is 13.2 Å². The number of nitrogens with one attached hydrogen (secondary N) is 1. The van der Waals surface area contributed by atoms with E-state index in [-0.39, 0.29) is 12.0 Å². The molecule has 0 radical (unpaired) electrons. The van der Waals surface area contributed by atoms with E-state index in [4.69, 9.17) is 0 Å². The van der Waals surface area contributed by atoms with Crippen molar-refractivity contribution in [3.8, 4) is 0 Å². The molecule has 2 atom stereocenters. The standard InChI is InChI=1S/C11H20F3N/c1-8(2)15-7-9-5-3-4-6-10(9)11(12,13)14/h8-10,15H,3-7H2,1-2H3. The highest BCUT2D eigenvalue weighted by molar-refractivity contribution is 4.82. The molecule has 90 valence electrons. The van der Waals surface area contributed by atoms with Crippen molar-refractivity contribution in [3.05, 3.63) is 0 Å². The fourth-order valence-corrected chi connectivity index (χ4v) is 2.27. The van der Waals surface area contributed by atoms with Gasteiger partial charge in [0.15, 0.2) is 0 Å². The fourth-order valence-electron chi connectivity index (χ4n) is 2.27. The fraction of sp³-hybridized carbons (Fsp3) is 1.00. The van der Waals surface area contributed by atoms with Crippen LogP contribution < -0.4 is 5.32 Å². The third kappa shape index (κ3) is 4.01. The molecular weight excluding hydrogens is 203 g/mol. The highest BCUT2D eigenvalue weighted by Crippen LogP contribution is 2.41. The normalized spacial score (nSPS) is 28.4. The molecule has 4 heteroatoms. The van der Waals surface area contributed by atoms with E-state index in [2.05, 4.69) is 5.32 Å². The third-order valence-corrected chi connectivity index (χ3v) is 3.12. The van der Waals surface area contributed by atoms with Gasteiger partial charge in [0.1, 0.15) is 0 Å². The van der Waals surface area contributed by atoms with Crippen molar-refractivity contribution >= 4 is 0 Å². The van der Waals surface area contributed by atoms with Crippen LogP contribution in [0.2, 0.25) is 0 Å². The van der Waals surface area contributed by atoms with Crippen molar-refractivity contribution in [1.82, 2.24) is 5.32 Å². The van der Waals surface area contributed by atoms with Crippen LogP contribution in [0.1, 0.15) is 39.5 Å². The molecule has 0 heterocycles. The lowest BCUT2D eigenvalue weighted by molar-refractivity contribution is -0.195. The van der Waals surface area contributed by atoms with Crippen LogP contribution in [0.5, 0.6) is 0 Å². The first kappa shape index (κ1) is 12.8. The molecule has 2 unspecified atom stereocenters. The van der Waals surface area contributed by atoms with Crippen LogP contribution in [-0.2, 0) is 0 Å². The minimum absolute atomic E-state index is 0.221. The summed E-state index contributed by atoms with van der Waals surface area (Å²) in [7, 11) is 0. The SMILES string of the molecule is CC(C)NCC1CCCCC1C(F)(F)F. The Labute approximate surface area is 89.4 Å². The van der Waals surface area contributed by atoms with Crippen LogP contribution in [0.25, 0.3) is 0 Å². The first-order valence-electron chi connectivity index (χ1n) is 5.71. The number of rotatable bonds is 3. The zero-order valence-electron chi connectivity index (χ0n) is 9.40. The summed E-state index contributed by atoms with van der Waals surface area (Å²) in [4.78, 5) is 0. The van der Waals surface area contributed by atoms with Gasteiger partial charge in [-0.2, -0.15) is 13.2 Å². The Bertz CT molecular complexity index is 189. The van der Waals surface area contributed by atoms with Gasteiger partial charge in [0, 0.05) is 6.04 Å². The minimum Gasteiger partial charge on any atom is -0.314 e. The predicted molar refractivity (Wildman–Crippen MR) is 54.6 cm³/mol. The number of hydrogen-bond acceptors (Lipinski definition) is 1. The van der Waals surface area contributed by atoms with E-state index in [9.17, 15) is 13.2 Å². The molecule has 0 aromatic carbocycles. The summed E-state index contributed by atoms with van der Waals surface area (Å²) < 4.78 is 38.1. The summed E-state index contributed by atoms with van der Waals surface area (Å²) in [6.45, 7) is 4.43. The third-order valence-electron chi connectivity index (χ3n) is 3.12. The van der Waals surface area contributed by atoms with Gasteiger partial charge in [-0.25, -0.2) is 0 Å². The van der Waals surface area contributed by atoms with Gasteiger partial charge >= 0.3 is 6.18 Å². The van der Waals surface area contributed by atoms with E-state index in [0.29, 0.717) is 19.4 Å². The largest absolute Gasteiger partial charge is 0.392 e. The summed E-state index contributed by atoms with van der Waals surface area (Å²) >= 11 is 0. The quantitative estimate of drug-likeness (QED) is 0.773. The van der Waals surface area contributed by atoms with Gasteiger partial charge in [0.2, 0.25) is 0 Å². The molecule has 0 saturated heterocycles. The Morgan fingerprint density at radius 3 is 2.33 bits per heavy atom. The second-order valence-electron chi connectivity index (χ2n) is 4.76. The van der Waals surface area contributed by atoms with Gasteiger partial charge in [0.05, 0.1) is 5.92 Å². The maximum absolute atomic E-state index is 12.7. The molecule has 1 rings (SSSR count). The molecule has 1 aliphatic rings. The lowest BCUT2D eigenvalue weighted by Crippen LogP contribution is -2.40. The number of halogens is 3. The van der Waals surface area contributed by atoms with E-state index >= 15 is 0 Å². The van der Waals surface area contributed by atoms with E-state index in [0.717, 1.165) is 12.8 Å². The Hall–Kier alpha value is -0.250. The molecule has 1 N–H and O–H groups in total. The van der Waals surface area contributed by atoms with Crippen molar-refractivity contribution in [3.63, 3.8) is 0 Å². The molecule has 0 aromatic heterocycles. The van der Waals surface area contributed by atoms with E-state index < -0.39 is 12.1 Å². The molecule has 0 aromatic rings. The molecule has 15 heavy (non-hydrogen) atoms. The summed E-state index contributed by atoms with van der Waals surface area (Å²) in [5.74, 6) is -1.31. The van der Waals surface area contributed by atoms with Gasteiger partial charge < -0.3 is 5.32 Å². The van der Waals surface area contributed by atoms with E-state index in [1.807, 2.05) is 13.8 Å². The molecule has 0 spiro atoms. The zero-order valence-corrected chi connectivity index (χ0v) is 9.40. The summed E-state index contributed by atoms with van der Waals surface area (Å²) in [6, 6.07) is 0.265. The van der Waals surface area contributed by atoms with Crippen molar-refractivity contribution in [1.29, 1.82) is 0 Å². The minimum atomic E-state index is -4.01. The van der Waals surface area contributed by atoms with Crippen LogP contribution >= 0.6 is 0 Å². The Kier molecular flexibility index (Phi) is 4.44. The molecule has 0 aliphatic heterocycles. The average molecular weight is 223 g/mol. The topological polar surface area (TPSA) is 12.0 Å². The molecule has 0 amide bonds. The summed E-state index contributed by atoms with van der Waals surface area (Å²) in [5, 5.41) is 3.12. The average Bonchev–Trinajstić information content (AvgIpc) is 2.13. The molecular formula is C11H20F3N. The predicted octanol–water partition coefficient (Wildman–Crippen LogP) is 3.35. The Balaban J connectivity index is 2.50. The smallest absolute Gasteiger partial charge is 0.314 e. The van der Waals surface area contributed by atoms with Crippen LogP contribution in [0, 0.1) is 11.8 Å². The zero-order chi connectivity index (χ0) is 11.5. The maximum Gasteiger partial charge on any atom is 0.392 e. The van der Waals surface area contributed by atoms with Gasteiger partial charge in [-0.05, 0) is 25.3 Å². The highest BCUT2D eigenvalue weighted by Gasteiger charge is 2.44. The molecule has 1 aliphatic carbocycles. The van der Waals surface area contributed by atoms with Gasteiger partial charge in [-0.1, -0.05) is 26.7 Å². The highest BCUT2D eigenvalue weighted by atomic mass is 19.4. The van der Waals surface area contributed by atoms with Crippen molar-refractivity contribution in [2.45, 2.75) is 51.7 Å². The molecule has 1 fully saturated rings. The van der Waals surface area contributed by atoms with Crippen molar-refractivity contribution in [2.24, 2.45) is 11.8 Å². The second kappa shape index (κ2) is 5.19. The van der Waals surface area contributed by atoms with Crippen LogP contribution in [-0.4, -0.2) is 18.8 Å². The molecule has 1 saturated carbocycles. The lowest BCUT2D eigenvalue weighted by Gasteiger charge is -2.33. The summed E-state index contributed by atoms with van der Waals surface area (Å²) in [6.07, 6.45) is -1.32. The first-order chi connectivity index (χ1) is 6.91. The van der Waals surface area contributed by atoms with Gasteiger partial charge in [0.25, 0.3) is 0 Å². The van der Waals surface area contributed by atoms with Crippen molar-refractivity contribution < 1.29 is 13.2 Å². The van der Waals surface area contributed by atoms with E-state index in [1.54, 1.807) is 0 Å². The Morgan fingerprint density at radius 2 is 1.80 bits per heavy atom. The monoisotopic (exact) mass is 223 g/mol. The van der Waals surface area contributed by atoms with Gasteiger partial charge in [-0.3, -0.25) is 0 Å². The maximum atomic E-state index is 12.7. The van der Waals surface area contributed by atoms with E-state index in [1.165, 1.54) is 0 Å². The second-order valence-corrected chi connectivity index (χ2v) is 4.76. The van der Waals surface area contributed by atoms with Crippen LogP contribution in [0.15, 0.2) is 0 Å². The molecule has 1 nitrogen and oxygen atoms in total. The summed E-state index contributed by atoms with van der Waals surface area (Å²) in [5.41, 5.74) is 0. The Morgan fingerprint density at radius 1 is 1.20 bits per heavy atom. The van der Waals surface area contributed by atoms with Crippen molar-refractivity contribution in [2.75, 3.05) is 6.54 Å². The lowest BCUT2D eigenvalue weighted by atomic mass is 9.78. The number of hydrogen-bond donors (Lipinski definition) is 1. The first-order valence-corrected chi connectivity index (χ1v) is 5.71.